The second-order valence-electron chi connectivity index (χ2n) is 8.31. The number of unbranched alkanes of at least 4 members (excludes halogenated alkanes) is 1. The first kappa shape index (κ1) is 20.0. The summed E-state index contributed by atoms with van der Waals surface area (Å²) >= 11 is 0. The van der Waals surface area contributed by atoms with E-state index in [2.05, 4.69) is 83.8 Å². The molecule has 1 N–H and O–H groups in total. The molecular weight excluding hydrogens is 320 g/mol. The van der Waals surface area contributed by atoms with Gasteiger partial charge in [0.2, 0.25) is 0 Å². The lowest BCUT2D eigenvalue weighted by molar-refractivity contribution is 0.780. The first-order valence-corrected chi connectivity index (χ1v) is 12.2. The minimum atomic E-state index is -1.72. The second kappa shape index (κ2) is 8.35. The third kappa shape index (κ3) is 4.08. The minimum Gasteiger partial charge on any atom is -0.408 e. The normalized spacial score (nSPS) is 12.6. The van der Waals surface area contributed by atoms with Crippen LogP contribution in [0.5, 0.6) is 0 Å². The summed E-state index contributed by atoms with van der Waals surface area (Å²) in [5.74, 6) is 0. The van der Waals surface area contributed by atoms with E-state index >= 15 is 0 Å². The van der Waals surface area contributed by atoms with Gasteiger partial charge in [0, 0.05) is 11.1 Å². The van der Waals surface area contributed by atoms with E-state index in [-0.39, 0.29) is 0 Å². The summed E-state index contributed by atoms with van der Waals surface area (Å²) in [5.41, 5.74) is 5.62. The van der Waals surface area contributed by atoms with Crippen molar-refractivity contribution in [2.75, 3.05) is 4.98 Å². The highest BCUT2D eigenvalue weighted by molar-refractivity contribution is 6.86. The predicted molar refractivity (Wildman–Crippen MR) is 115 cm³/mol. The number of hydrogen-bond acceptors (Lipinski definition) is 2. The predicted octanol–water partition coefficient (Wildman–Crippen LogP) is 7.16. The Morgan fingerprint density at radius 2 is 1.56 bits per heavy atom. The second-order valence-corrected chi connectivity index (χ2v) is 13.9. The van der Waals surface area contributed by atoms with Gasteiger partial charge in [-0.2, -0.15) is 0 Å². The molecule has 25 heavy (non-hydrogen) atoms. The molecule has 1 aromatic heterocycles. The van der Waals surface area contributed by atoms with Crippen LogP contribution in [0.25, 0.3) is 10.9 Å². The van der Waals surface area contributed by atoms with Gasteiger partial charge in [-0.1, -0.05) is 73.1 Å². The average Bonchev–Trinajstić information content (AvgIpc) is 2.56. The first-order chi connectivity index (χ1) is 11.8. The lowest BCUT2D eigenvalue weighted by atomic mass is 10.1. The molecule has 1 heterocycles. The van der Waals surface area contributed by atoms with Crippen molar-refractivity contribution in [2.45, 2.75) is 84.4 Å². The molecule has 2 aromatic rings. The molecule has 0 aliphatic carbocycles. The third-order valence-electron chi connectivity index (χ3n) is 5.78. The average molecular weight is 357 g/mol. The zero-order valence-electron chi connectivity index (χ0n) is 17.2. The lowest BCUT2D eigenvalue weighted by Gasteiger charge is -2.44. The molecule has 0 atom stereocenters. The zero-order valence-corrected chi connectivity index (χ0v) is 18.2. The summed E-state index contributed by atoms with van der Waals surface area (Å²) in [7, 11) is -1.72. The minimum absolute atomic E-state index is 0.672. The molecule has 0 saturated carbocycles. The molecule has 0 aliphatic rings. The van der Waals surface area contributed by atoms with Crippen LogP contribution in [0.4, 0.5) is 5.69 Å². The number of anilines is 1. The van der Waals surface area contributed by atoms with Crippen LogP contribution in [0.1, 0.15) is 67.0 Å². The fraction of sp³-hybridized carbons (Fsp3) is 0.591. The van der Waals surface area contributed by atoms with Gasteiger partial charge in [0.05, 0.1) is 11.2 Å². The Morgan fingerprint density at radius 1 is 0.920 bits per heavy atom. The van der Waals surface area contributed by atoms with Crippen molar-refractivity contribution in [1.29, 1.82) is 0 Å². The molecule has 0 radical (unpaired) electrons. The maximum Gasteiger partial charge on any atom is 0.161 e. The summed E-state index contributed by atoms with van der Waals surface area (Å²) in [6, 6.07) is 11.0. The molecule has 3 heteroatoms. The number of hydrogen-bond donors (Lipinski definition) is 1. The topological polar surface area (TPSA) is 24.9 Å². The lowest BCUT2D eigenvalue weighted by Crippen LogP contribution is -2.52. The van der Waals surface area contributed by atoms with Gasteiger partial charge in [0.25, 0.3) is 0 Å². The van der Waals surface area contributed by atoms with E-state index in [9.17, 15) is 0 Å². The number of nitrogens with one attached hydrogen (secondary N) is 1. The molecule has 0 saturated heterocycles. The summed E-state index contributed by atoms with van der Waals surface area (Å²) in [6.07, 6.45) is 3.49. The Hall–Kier alpha value is -1.35. The number of rotatable bonds is 8. The molecule has 0 amide bonds. The number of pyridine rings is 1. The fourth-order valence-electron chi connectivity index (χ4n) is 4.45. The number of para-hydroxylation sites is 1. The van der Waals surface area contributed by atoms with Crippen LogP contribution < -0.4 is 4.98 Å². The Morgan fingerprint density at radius 3 is 2.12 bits per heavy atom. The fourth-order valence-corrected chi connectivity index (χ4v) is 9.99. The molecule has 0 spiro atoms. The van der Waals surface area contributed by atoms with Gasteiger partial charge in [0.1, 0.15) is 0 Å². The number of fused-ring (bicyclic) bond motifs is 1. The van der Waals surface area contributed by atoms with E-state index in [1.54, 1.807) is 0 Å². The molecule has 2 nitrogen and oxygen atoms in total. The molecule has 0 fully saturated rings. The molecule has 0 aliphatic heterocycles. The molecule has 0 bridgehead atoms. The number of benzene rings is 1. The highest BCUT2D eigenvalue weighted by Gasteiger charge is 2.43. The molecule has 138 valence electrons. The summed E-state index contributed by atoms with van der Waals surface area (Å²) in [4.78, 5) is 9.13. The Balaban J connectivity index is 2.51. The van der Waals surface area contributed by atoms with Crippen molar-refractivity contribution in [3.63, 3.8) is 0 Å². The number of aryl methyl sites for hydroxylation is 1. The monoisotopic (exact) mass is 356 g/mol. The maximum absolute atomic E-state index is 5.03. The van der Waals surface area contributed by atoms with Crippen LogP contribution in [-0.4, -0.2) is 13.2 Å². The summed E-state index contributed by atoms with van der Waals surface area (Å²) in [6.45, 7) is 16.6. The molecule has 2 rings (SSSR count). The highest BCUT2D eigenvalue weighted by Crippen LogP contribution is 2.42. The highest BCUT2D eigenvalue weighted by atomic mass is 28.3. The quantitative estimate of drug-likeness (QED) is 0.507. The molecule has 1 aromatic carbocycles. The SMILES string of the molecule is CCCCc1ccc2cccc(N[Si](C(C)C)(C(C)C)C(C)C)c2n1. The van der Waals surface area contributed by atoms with Crippen molar-refractivity contribution in [3.8, 4) is 0 Å². The van der Waals surface area contributed by atoms with E-state index in [0.717, 1.165) is 11.9 Å². The van der Waals surface area contributed by atoms with Gasteiger partial charge < -0.3 is 4.98 Å². The Labute approximate surface area is 155 Å². The smallest absolute Gasteiger partial charge is 0.161 e. The van der Waals surface area contributed by atoms with Crippen LogP contribution in [-0.2, 0) is 6.42 Å². The first-order valence-electron chi connectivity index (χ1n) is 9.99. The van der Waals surface area contributed by atoms with Gasteiger partial charge in [-0.05, 0) is 41.6 Å². The Kier molecular flexibility index (Phi) is 6.67. The van der Waals surface area contributed by atoms with Gasteiger partial charge >= 0.3 is 0 Å². The van der Waals surface area contributed by atoms with Crippen molar-refractivity contribution in [1.82, 2.24) is 4.98 Å². The van der Waals surface area contributed by atoms with Gasteiger partial charge in [-0.3, -0.25) is 4.98 Å². The molecule has 0 unspecified atom stereocenters. The van der Waals surface area contributed by atoms with E-state index in [0.29, 0.717) is 16.6 Å². The largest absolute Gasteiger partial charge is 0.408 e. The van der Waals surface area contributed by atoms with Crippen molar-refractivity contribution in [3.05, 3.63) is 36.0 Å². The number of aromatic nitrogens is 1. The Bertz CT molecular complexity index is 670. The van der Waals surface area contributed by atoms with Crippen molar-refractivity contribution >= 4 is 24.8 Å². The summed E-state index contributed by atoms with van der Waals surface area (Å²) in [5, 5.41) is 1.24. The maximum atomic E-state index is 5.03. The van der Waals surface area contributed by atoms with Gasteiger partial charge in [-0.25, -0.2) is 0 Å². The van der Waals surface area contributed by atoms with E-state index < -0.39 is 8.24 Å². The van der Waals surface area contributed by atoms with Crippen LogP contribution in [0.3, 0.4) is 0 Å². The van der Waals surface area contributed by atoms with Crippen molar-refractivity contribution in [2.24, 2.45) is 0 Å². The van der Waals surface area contributed by atoms with E-state index in [4.69, 9.17) is 4.98 Å². The van der Waals surface area contributed by atoms with Gasteiger partial charge in [0.15, 0.2) is 8.24 Å². The van der Waals surface area contributed by atoms with Crippen LogP contribution in [0.15, 0.2) is 30.3 Å². The zero-order chi connectivity index (χ0) is 18.6. The van der Waals surface area contributed by atoms with Crippen LogP contribution in [0, 0.1) is 0 Å². The standard InChI is InChI=1S/C22H36N2Si/c1-8-9-12-20-15-14-19-11-10-13-21(22(19)23-20)24-25(16(2)3,17(4)5)18(6)7/h10-11,13-18,24H,8-9,12H2,1-7H3. The van der Waals surface area contributed by atoms with Crippen LogP contribution in [0.2, 0.25) is 16.6 Å². The van der Waals surface area contributed by atoms with Crippen molar-refractivity contribution < 1.29 is 0 Å². The van der Waals surface area contributed by atoms with Crippen LogP contribution >= 0.6 is 0 Å². The summed E-state index contributed by atoms with van der Waals surface area (Å²) < 4.78 is 0. The van der Waals surface area contributed by atoms with E-state index in [1.807, 2.05) is 0 Å². The third-order valence-corrected chi connectivity index (χ3v) is 12.2. The van der Waals surface area contributed by atoms with Gasteiger partial charge in [-0.15, -0.1) is 0 Å². The van der Waals surface area contributed by atoms with E-state index in [1.165, 1.54) is 29.6 Å². The number of nitrogens with zero attached hydrogens (tertiary/aromatic N) is 1. The molecular formula is C22H36N2Si.